The molecule has 1 rings (SSSR count). The minimum absolute atomic E-state index is 0.0623. The summed E-state index contributed by atoms with van der Waals surface area (Å²) >= 11 is 0. The number of ether oxygens (including phenoxy) is 1. The van der Waals surface area contributed by atoms with Crippen molar-refractivity contribution in [3.05, 3.63) is 29.3 Å². The summed E-state index contributed by atoms with van der Waals surface area (Å²) in [5, 5.41) is 3.10. The lowest BCUT2D eigenvalue weighted by molar-refractivity contribution is 0.232. The van der Waals surface area contributed by atoms with Gasteiger partial charge in [-0.2, -0.15) is 8.78 Å². The lowest BCUT2D eigenvalue weighted by Crippen LogP contribution is -2.34. The molecule has 1 aromatic carbocycles. The zero-order valence-electron chi connectivity index (χ0n) is 10.9. The second-order valence-electron chi connectivity index (χ2n) is 4.17. The molecule has 2 nitrogen and oxygen atoms in total. The van der Waals surface area contributed by atoms with Gasteiger partial charge in [0.1, 0.15) is 6.61 Å². The molecule has 108 valence electrons. The molecule has 0 aromatic heterocycles. The second-order valence-corrected chi connectivity index (χ2v) is 4.17. The van der Waals surface area contributed by atoms with Crippen LogP contribution < -0.4 is 10.1 Å². The minimum Gasteiger partial charge on any atom is -0.486 e. The molecule has 0 aliphatic rings. The number of nitrogens with one attached hydrogen (secondary N) is 1. The molecule has 0 spiro atoms. The Bertz CT molecular complexity index is 399. The highest BCUT2D eigenvalue weighted by Crippen LogP contribution is 2.26. The van der Waals surface area contributed by atoms with E-state index >= 15 is 0 Å². The van der Waals surface area contributed by atoms with Gasteiger partial charge in [-0.05, 0) is 19.4 Å². The van der Waals surface area contributed by atoms with Crippen LogP contribution >= 0.6 is 0 Å². The molecule has 0 aliphatic carbocycles. The molecule has 0 bridgehead atoms. The van der Waals surface area contributed by atoms with E-state index in [-0.39, 0.29) is 18.7 Å². The third kappa shape index (κ3) is 4.09. The maximum absolute atomic E-state index is 13.3. The molecular formula is C13H17F4NO. The van der Waals surface area contributed by atoms with Crippen LogP contribution in [-0.2, 0) is 0 Å². The van der Waals surface area contributed by atoms with Crippen molar-refractivity contribution in [2.75, 3.05) is 13.2 Å². The van der Waals surface area contributed by atoms with Crippen LogP contribution in [0.3, 0.4) is 0 Å². The molecule has 0 saturated carbocycles. The van der Waals surface area contributed by atoms with E-state index in [1.165, 1.54) is 0 Å². The largest absolute Gasteiger partial charge is 0.486 e. The number of hydrogen-bond acceptors (Lipinski definition) is 2. The zero-order valence-corrected chi connectivity index (χ0v) is 10.9. The van der Waals surface area contributed by atoms with E-state index in [4.69, 9.17) is 4.74 Å². The van der Waals surface area contributed by atoms with Gasteiger partial charge >= 0.3 is 0 Å². The van der Waals surface area contributed by atoms with Crippen LogP contribution in [0.15, 0.2) is 6.07 Å². The van der Waals surface area contributed by atoms with Crippen molar-refractivity contribution in [3.63, 3.8) is 0 Å². The third-order valence-electron chi connectivity index (χ3n) is 2.68. The molecule has 0 amide bonds. The van der Waals surface area contributed by atoms with Crippen LogP contribution in [0.5, 0.6) is 5.75 Å². The Hall–Kier alpha value is -1.30. The first kappa shape index (κ1) is 15.8. The van der Waals surface area contributed by atoms with Gasteiger partial charge in [0.15, 0.2) is 17.4 Å². The smallest absolute Gasteiger partial charge is 0.203 e. The predicted octanol–water partition coefficient (Wildman–Crippen LogP) is 3.40. The molecule has 0 fully saturated rings. The molecule has 6 heteroatoms. The number of rotatable bonds is 7. The summed E-state index contributed by atoms with van der Waals surface area (Å²) in [6.45, 7) is 4.51. The molecule has 0 saturated heterocycles. The molecule has 0 heterocycles. The van der Waals surface area contributed by atoms with E-state index < -0.39 is 29.0 Å². The van der Waals surface area contributed by atoms with E-state index in [0.29, 0.717) is 6.42 Å². The van der Waals surface area contributed by atoms with Gasteiger partial charge in [-0.3, -0.25) is 0 Å². The molecule has 19 heavy (non-hydrogen) atoms. The predicted molar refractivity (Wildman–Crippen MR) is 64.1 cm³/mol. The first-order chi connectivity index (χ1) is 9.01. The summed E-state index contributed by atoms with van der Waals surface area (Å²) in [7, 11) is 0. The van der Waals surface area contributed by atoms with Crippen LogP contribution in [0.1, 0.15) is 26.7 Å². The molecular weight excluding hydrogens is 262 g/mol. The Morgan fingerprint density at radius 1 is 1.11 bits per heavy atom. The Morgan fingerprint density at radius 3 is 2.16 bits per heavy atom. The highest BCUT2D eigenvalue weighted by Gasteiger charge is 2.21. The van der Waals surface area contributed by atoms with Crippen LogP contribution in [0.25, 0.3) is 0 Å². The van der Waals surface area contributed by atoms with E-state index in [0.717, 1.165) is 13.0 Å². The quantitative estimate of drug-likeness (QED) is 0.610. The lowest BCUT2D eigenvalue weighted by atomic mass is 10.2. The van der Waals surface area contributed by atoms with Gasteiger partial charge in [-0.25, -0.2) is 8.78 Å². The lowest BCUT2D eigenvalue weighted by Gasteiger charge is -2.18. The molecule has 0 radical (unpaired) electrons. The van der Waals surface area contributed by atoms with Gasteiger partial charge in [0.25, 0.3) is 0 Å². The zero-order chi connectivity index (χ0) is 14.4. The average molecular weight is 279 g/mol. The van der Waals surface area contributed by atoms with Crippen molar-refractivity contribution in [2.45, 2.75) is 32.7 Å². The van der Waals surface area contributed by atoms with Crippen molar-refractivity contribution >= 4 is 0 Å². The fourth-order valence-corrected chi connectivity index (χ4v) is 1.53. The molecule has 0 aliphatic heterocycles. The van der Waals surface area contributed by atoms with Crippen LogP contribution in [-0.4, -0.2) is 19.2 Å². The van der Waals surface area contributed by atoms with Gasteiger partial charge in [0, 0.05) is 12.1 Å². The van der Waals surface area contributed by atoms with Gasteiger partial charge in [0.05, 0.1) is 0 Å². The summed E-state index contributed by atoms with van der Waals surface area (Å²) in [4.78, 5) is 0. The Balaban J connectivity index is 2.76. The van der Waals surface area contributed by atoms with Gasteiger partial charge in [-0.15, -0.1) is 0 Å². The summed E-state index contributed by atoms with van der Waals surface area (Å²) in [5.74, 6) is -6.96. The molecule has 1 N–H and O–H groups in total. The van der Waals surface area contributed by atoms with E-state index in [2.05, 4.69) is 5.32 Å². The normalized spacial score (nSPS) is 12.5. The van der Waals surface area contributed by atoms with E-state index in [1.807, 2.05) is 13.8 Å². The third-order valence-corrected chi connectivity index (χ3v) is 2.68. The molecule has 1 aromatic rings. The highest BCUT2D eigenvalue weighted by molar-refractivity contribution is 5.28. The van der Waals surface area contributed by atoms with Gasteiger partial charge in [-0.1, -0.05) is 13.8 Å². The summed E-state index contributed by atoms with van der Waals surface area (Å²) < 4.78 is 57.4. The Morgan fingerprint density at radius 2 is 1.68 bits per heavy atom. The summed E-state index contributed by atoms with van der Waals surface area (Å²) in [6.07, 6.45) is 1.56. The summed E-state index contributed by atoms with van der Waals surface area (Å²) in [6, 6.07) is 0.0227. The van der Waals surface area contributed by atoms with Crippen LogP contribution in [0, 0.1) is 23.3 Å². The van der Waals surface area contributed by atoms with Crippen LogP contribution in [0.2, 0.25) is 0 Å². The van der Waals surface area contributed by atoms with E-state index in [9.17, 15) is 17.6 Å². The van der Waals surface area contributed by atoms with Crippen molar-refractivity contribution in [1.82, 2.24) is 5.32 Å². The number of benzene rings is 1. The standard InChI is InChI=1S/C13H17F4NO/c1-3-5-18-8(4-2)7-19-13-11(16)9(14)6-10(15)12(13)17/h6,8,18H,3-5,7H2,1-2H3. The Kier molecular flexibility index (Phi) is 6.08. The fourth-order valence-electron chi connectivity index (χ4n) is 1.53. The second kappa shape index (κ2) is 7.33. The first-order valence-corrected chi connectivity index (χ1v) is 6.20. The number of hydrogen-bond donors (Lipinski definition) is 1. The van der Waals surface area contributed by atoms with Crippen molar-refractivity contribution in [1.29, 1.82) is 0 Å². The SMILES string of the molecule is CCCNC(CC)COc1c(F)c(F)cc(F)c1F. The number of halogens is 4. The highest BCUT2D eigenvalue weighted by atomic mass is 19.2. The molecule has 1 atom stereocenters. The average Bonchev–Trinajstić information content (AvgIpc) is 2.40. The van der Waals surface area contributed by atoms with Crippen molar-refractivity contribution in [3.8, 4) is 5.75 Å². The Labute approximate surface area is 109 Å². The van der Waals surface area contributed by atoms with E-state index in [1.54, 1.807) is 0 Å². The first-order valence-electron chi connectivity index (χ1n) is 6.20. The molecule has 1 unspecified atom stereocenters. The monoisotopic (exact) mass is 279 g/mol. The van der Waals surface area contributed by atoms with Crippen molar-refractivity contribution in [2.24, 2.45) is 0 Å². The minimum atomic E-state index is -1.51. The van der Waals surface area contributed by atoms with Crippen molar-refractivity contribution < 1.29 is 22.3 Å². The maximum atomic E-state index is 13.3. The van der Waals surface area contributed by atoms with Gasteiger partial charge in [0.2, 0.25) is 11.6 Å². The van der Waals surface area contributed by atoms with Gasteiger partial charge < -0.3 is 10.1 Å². The maximum Gasteiger partial charge on any atom is 0.203 e. The topological polar surface area (TPSA) is 21.3 Å². The fraction of sp³-hybridized carbons (Fsp3) is 0.538. The summed E-state index contributed by atoms with van der Waals surface area (Å²) in [5.41, 5.74) is 0. The van der Waals surface area contributed by atoms with Crippen LogP contribution in [0.4, 0.5) is 17.6 Å².